The summed E-state index contributed by atoms with van der Waals surface area (Å²) in [5.74, 6) is -1.90. The minimum Gasteiger partial charge on any atom is -0.305 e. The van der Waals surface area contributed by atoms with Crippen molar-refractivity contribution in [1.82, 2.24) is 4.90 Å². The Morgan fingerprint density at radius 1 is 1.23 bits per heavy atom. The monoisotopic (exact) mass is 347 g/mol. The minimum absolute atomic E-state index is 0.174. The van der Waals surface area contributed by atoms with Gasteiger partial charge in [-0.15, -0.1) is 0 Å². The normalized spacial score (nSPS) is 27.4. The molecule has 1 heterocycles. The quantitative estimate of drug-likeness (QED) is 0.831. The fourth-order valence-electron chi connectivity index (χ4n) is 4.16. The molecule has 0 radical (unpaired) electrons. The molecule has 130 valence electrons. The molecule has 26 heavy (non-hydrogen) atoms. The molecule has 0 unspecified atom stereocenters. The molecule has 3 atom stereocenters. The number of hydrogen-bond donors (Lipinski definition) is 1. The standard InChI is InChI=1S/C20H18FN5/c1-2-26-8-7-17-16(10-26)18(13-3-5-14(21)6-4-13)15(9-22)19(25)20(17,11-23)12-24/h3-7,15-16,18,25H,2,8,10H2,1H3/t15-,16+,18+/m0/s1. The number of rotatable bonds is 2. The van der Waals surface area contributed by atoms with Gasteiger partial charge in [0.1, 0.15) is 5.82 Å². The molecular weight excluding hydrogens is 329 g/mol. The summed E-state index contributed by atoms with van der Waals surface area (Å²) < 4.78 is 13.4. The third-order valence-corrected chi connectivity index (χ3v) is 5.54. The molecule has 1 N–H and O–H groups in total. The van der Waals surface area contributed by atoms with E-state index in [1.165, 1.54) is 12.1 Å². The summed E-state index contributed by atoms with van der Waals surface area (Å²) in [6.45, 7) is 4.03. The third-order valence-electron chi connectivity index (χ3n) is 5.54. The van der Waals surface area contributed by atoms with E-state index < -0.39 is 11.3 Å². The van der Waals surface area contributed by atoms with E-state index in [-0.39, 0.29) is 23.4 Å². The van der Waals surface area contributed by atoms with Crippen LogP contribution in [-0.4, -0.2) is 30.2 Å². The van der Waals surface area contributed by atoms with Gasteiger partial charge in [0.2, 0.25) is 5.41 Å². The lowest BCUT2D eigenvalue weighted by molar-refractivity contribution is 0.218. The Labute approximate surface area is 152 Å². The van der Waals surface area contributed by atoms with Gasteiger partial charge in [-0.05, 0) is 29.8 Å². The van der Waals surface area contributed by atoms with Crippen molar-refractivity contribution in [3.63, 3.8) is 0 Å². The van der Waals surface area contributed by atoms with Gasteiger partial charge in [0.05, 0.1) is 29.8 Å². The highest BCUT2D eigenvalue weighted by Gasteiger charge is 2.56. The van der Waals surface area contributed by atoms with Crippen molar-refractivity contribution in [3.8, 4) is 18.2 Å². The van der Waals surface area contributed by atoms with Crippen molar-refractivity contribution in [2.75, 3.05) is 19.6 Å². The van der Waals surface area contributed by atoms with Crippen LogP contribution in [0.1, 0.15) is 18.4 Å². The number of fused-ring (bicyclic) bond motifs is 1. The maximum absolute atomic E-state index is 13.4. The largest absolute Gasteiger partial charge is 0.305 e. The molecule has 0 amide bonds. The summed E-state index contributed by atoms with van der Waals surface area (Å²) in [5.41, 5.74) is -0.507. The van der Waals surface area contributed by atoms with E-state index in [1.54, 1.807) is 12.1 Å². The highest BCUT2D eigenvalue weighted by atomic mass is 19.1. The smallest absolute Gasteiger partial charge is 0.203 e. The second kappa shape index (κ2) is 6.71. The van der Waals surface area contributed by atoms with Gasteiger partial charge in [-0.3, -0.25) is 4.90 Å². The molecule has 1 saturated carbocycles. The van der Waals surface area contributed by atoms with E-state index in [2.05, 4.69) is 11.0 Å². The summed E-state index contributed by atoms with van der Waals surface area (Å²) >= 11 is 0. The van der Waals surface area contributed by atoms with Gasteiger partial charge in [0.15, 0.2) is 0 Å². The van der Waals surface area contributed by atoms with Crippen LogP contribution < -0.4 is 0 Å². The Morgan fingerprint density at radius 3 is 2.42 bits per heavy atom. The van der Waals surface area contributed by atoms with E-state index in [1.807, 2.05) is 25.1 Å². The zero-order valence-electron chi connectivity index (χ0n) is 14.4. The van der Waals surface area contributed by atoms with Crippen molar-refractivity contribution >= 4 is 5.71 Å². The second-order valence-corrected chi connectivity index (χ2v) is 6.69. The molecule has 0 aromatic heterocycles. The summed E-state index contributed by atoms with van der Waals surface area (Å²) in [6.07, 6.45) is 1.86. The average Bonchev–Trinajstić information content (AvgIpc) is 2.68. The average molecular weight is 347 g/mol. The lowest BCUT2D eigenvalue weighted by Gasteiger charge is -2.47. The van der Waals surface area contributed by atoms with Crippen molar-refractivity contribution < 1.29 is 4.39 Å². The van der Waals surface area contributed by atoms with E-state index in [9.17, 15) is 20.2 Å². The summed E-state index contributed by atoms with van der Waals surface area (Å²) in [7, 11) is 0. The molecule has 1 aromatic rings. The van der Waals surface area contributed by atoms with Crippen LogP contribution in [0.3, 0.4) is 0 Å². The molecule has 1 aliphatic carbocycles. The molecule has 6 heteroatoms. The van der Waals surface area contributed by atoms with Crippen LogP contribution in [0.5, 0.6) is 0 Å². The van der Waals surface area contributed by atoms with Crippen molar-refractivity contribution in [1.29, 1.82) is 21.2 Å². The van der Waals surface area contributed by atoms with Crippen molar-refractivity contribution in [2.45, 2.75) is 12.8 Å². The highest BCUT2D eigenvalue weighted by molar-refractivity contribution is 6.01. The number of hydrogen-bond acceptors (Lipinski definition) is 5. The van der Waals surface area contributed by atoms with Crippen LogP contribution in [0.2, 0.25) is 0 Å². The second-order valence-electron chi connectivity index (χ2n) is 6.69. The molecule has 0 saturated heterocycles. The first-order valence-corrected chi connectivity index (χ1v) is 8.51. The molecule has 3 rings (SSSR count). The Morgan fingerprint density at radius 2 is 1.88 bits per heavy atom. The van der Waals surface area contributed by atoms with Gasteiger partial charge in [-0.2, -0.15) is 15.8 Å². The number of nitrogens with one attached hydrogen (secondary N) is 1. The topological polar surface area (TPSA) is 98.5 Å². The Kier molecular flexibility index (Phi) is 4.60. The van der Waals surface area contributed by atoms with Gasteiger partial charge in [-0.25, -0.2) is 4.39 Å². The van der Waals surface area contributed by atoms with Crippen LogP contribution in [-0.2, 0) is 0 Å². The van der Waals surface area contributed by atoms with Crippen LogP contribution in [0.25, 0.3) is 0 Å². The molecule has 2 aliphatic rings. The fourth-order valence-corrected chi connectivity index (χ4v) is 4.16. The first-order chi connectivity index (χ1) is 12.5. The minimum atomic E-state index is -1.69. The zero-order valence-corrected chi connectivity index (χ0v) is 14.4. The van der Waals surface area contributed by atoms with E-state index in [0.717, 1.165) is 12.1 Å². The van der Waals surface area contributed by atoms with Crippen LogP contribution in [0, 0.1) is 62.5 Å². The first-order valence-electron chi connectivity index (χ1n) is 8.51. The Balaban J connectivity index is 2.21. The van der Waals surface area contributed by atoms with Gasteiger partial charge in [-0.1, -0.05) is 25.1 Å². The van der Waals surface area contributed by atoms with Crippen LogP contribution in [0.4, 0.5) is 4.39 Å². The number of nitriles is 3. The Bertz CT molecular complexity index is 867. The lowest BCUT2D eigenvalue weighted by Crippen LogP contribution is -2.52. The van der Waals surface area contributed by atoms with Crippen LogP contribution >= 0.6 is 0 Å². The molecular formula is C20H18FN5. The van der Waals surface area contributed by atoms with Crippen molar-refractivity contribution in [2.24, 2.45) is 17.3 Å². The summed E-state index contributed by atoms with van der Waals surface area (Å²) in [6, 6.07) is 12.1. The van der Waals surface area contributed by atoms with E-state index in [4.69, 9.17) is 5.41 Å². The maximum atomic E-state index is 13.4. The summed E-state index contributed by atoms with van der Waals surface area (Å²) in [5, 5.41) is 37.8. The van der Waals surface area contributed by atoms with Gasteiger partial charge in [0.25, 0.3) is 0 Å². The molecule has 1 fully saturated rings. The maximum Gasteiger partial charge on any atom is 0.203 e. The molecule has 5 nitrogen and oxygen atoms in total. The van der Waals surface area contributed by atoms with E-state index >= 15 is 0 Å². The van der Waals surface area contributed by atoms with Crippen LogP contribution in [0.15, 0.2) is 35.9 Å². The predicted octanol–water partition coefficient (Wildman–Crippen LogP) is 2.99. The molecule has 0 spiro atoms. The lowest BCUT2D eigenvalue weighted by atomic mass is 9.55. The molecule has 1 aliphatic heterocycles. The fraction of sp³-hybridized carbons (Fsp3) is 0.400. The highest BCUT2D eigenvalue weighted by Crippen LogP contribution is 2.52. The Hall–Kier alpha value is -3.01. The van der Waals surface area contributed by atoms with Gasteiger partial charge >= 0.3 is 0 Å². The SMILES string of the molecule is CCN1CC=C2[C@@H](C1)[C@H](c1ccc(F)cc1)[C@H](C#N)C(=N)C2(C#N)C#N. The van der Waals surface area contributed by atoms with Gasteiger partial charge in [0, 0.05) is 24.9 Å². The third kappa shape index (κ3) is 2.49. The number of halogens is 1. The van der Waals surface area contributed by atoms with E-state index in [0.29, 0.717) is 18.7 Å². The predicted molar refractivity (Wildman–Crippen MR) is 93.3 cm³/mol. The number of benzene rings is 1. The zero-order chi connectivity index (χ0) is 18.9. The summed E-state index contributed by atoms with van der Waals surface area (Å²) in [4.78, 5) is 2.17. The molecule has 0 bridgehead atoms. The molecule has 1 aromatic carbocycles. The first kappa shape index (κ1) is 17.8. The number of nitrogens with zero attached hydrogens (tertiary/aromatic N) is 4. The van der Waals surface area contributed by atoms with Gasteiger partial charge < -0.3 is 5.41 Å². The number of likely N-dealkylation sites (N-methyl/N-ethyl adjacent to an activating group) is 1. The van der Waals surface area contributed by atoms with Crippen molar-refractivity contribution in [3.05, 3.63) is 47.3 Å².